The highest BCUT2D eigenvalue weighted by Gasteiger charge is 2.14. The van der Waals surface area contributed by atoms with Crippen LogP contribution in [0.2, 0.25) is 0 Å². The maximum atomic E-state index is 4.19. The van der Waals surface area contributed by atoms with Crippen LogP contribution < -0.4 is 5.32 Å². The van der Waals surface area contributed by atoms with Gasteiger partial charge in [0.25, 0.3) is 0 Å². The number of nitrogens with one attached hydrogen (secondary N) is 1. The summed E-state index contributed by atoms with van der Waals surface area (Å²) in [7, 11) is 0. The van der Waals surface area contributed by atoms with E-state index in [1.54, 1.807) is 0 Å². The van der Waals surface area contributed by atoms with Crippen molar-refractivity contribution in [2.24, 2.45) is 0 Å². The summed E-state index contributed by atoms with van der Waals surface area (Å²) in [5.41, 5.74) is 3.67. The monoisotopic (exact) mass is 272 g/mol. The van der Waals surface area contributed by atoms with Crippen molar-refractivity contribution < 1.29 is 0 Å². The van der Waals surface area contributed by atoms with E-state index in [0.717, 1.165) is 25.2 Å². The molecule has 0 saturated carbocycles. The zero-order chi connectivity index (χ0) is 14.6. The molecule has 1 heterocycles. The van der Waals surface area contributed by atoms with E-state index in [9.17, 15) is 0 Å². The number of aromatic nitrogens is 3. The third kappa shape index (κ3) is 4.17. The standard InChI is InChI=1S/C16H24N4/c1-13-6-5-7-14(10-13)8-9-17-11-15-12-20(19-18-15)16(2,3)4/h5-7,10,12,17H,8-9,11H2,1-4H3. The lowest BCUT2D eigenvalue weighted by Crippen LogP contribution is -2.22. The van der Waals surface area contributed by atoms with Crippen LogP contribution in [0.25, 0.3) is 0 Å². The van der Waals surface area contributed by atoms with Crippen molar-refractivity contribution in [2.75, 3.05) is 6.54 Å². The summed E-state index contributed by atoms with van der Waals surface area (Å²) in [6.07, 6.45) is 3.05. The van der Waals surface area contributed by atoms with Crippen LogP contribution in [0.3, 0.4) is 0 Å². The van der Waals surface area contributed by atoms with Gasteiger partial charge in [-0.15, -0.1) is 5.10 Å². The summed E-state index contributed by atoms with van der Waals surface area (Å²) >= 11 is 0. The molecule has 108 valence electrons. The maximum absolute atomic E-state index is 4.19. The average Bonchev–Trinajstić information content (AvgIpc) is 2.83. The molecule has 0 aliphatic rings. The first-order valence-corrected chi connectivity index (χ1v) is 7.13. The molecule has 2 rings (SSSR count). The van der Waals surface area contributed by atoms with Gasteiger partial charge < -0.3 is 5.32 Å². The Hall–Kier alpha value is -1.68. The van der Waals surface area contributed by atoms with Gasteiger partial charge in [0.05, 0.1) is 17.4 Å². The molecule has 0 amide bonds. The molecule has 0 fully saturated rings. The molecule has 4 heteroatoms. The molecule has 1 aromatic heterocycles. The fraction of sp³-hybridized carbons (Fsp3) is 0.500. The SMILES string of the molecule is Cc1cccc(CCNCc2cn(C(C)(C)C)nn2)c1. The van der Waals surface area contributed by atoms with E-state index in [0.29, 0.717) is 0 Å². The second kappa shape index (κ2) is 6.18. The first-order valence-electron chi connectivity index (χ1n) is 7.13. The Bertz CT molecular complexity index is 552. The normalized spacial score (nSPS) is 11.8. The van der Waals surface area contributed by atoms with Crippen LogP contribution in [0.4, 0.5) is 0 Å². The summed E-state index contributed by atoms with van der Waals surface area (Å²) in [6, 6.07) is 8.64. The third-order valence-corrected chi connectivity index (χ3v) is 3.21. The van der Waals surface area contributed by atoms with Crippen molar-refractivity contribution in [1.29, 1.82) is 0 Å². The van der Waals surface area contributed by atoms with E-state index >= 15 is 0 Å². The lowest BCUT2D eigenvalue weighted by molar-refractivity contribution is 0.347. The molecule has 1 N–H and O–H groups in total. The summed E-state index contributed by atoms with van der Waals surface area (Å²) in [4.78, 5) is 0. The Morgan fingerprint density at radius 2 is 2.05 bits per heavy atom. The topological polar surface area (TPSA) is 42.7 Å². The number of hydrogen-bond donors (Lipinski definition) is 1. The second-order valence-corrected chi connectivity index (χ2v) is 6.24. The highest BCUT2D eigenvalue weighted by Crippen LogP contribution is 2.11. The predicted octanol–water partition coefficient (Wildman–Crippen LogP) is 2.67. The maximum Gasteiger partial charge on any atom is 0.0965 e. The molecule has 4 nitrogen and oxygen atoms in total. The van der Waals surface area contributed by atoms with Gasteiger partial charge in [0.15, 0.2) is 0 Å². The predicted molar refractivity (Wildman–Crippen MR) is 81.6 cm³/mol. The number of rotatable bonds is 5. The highest BCUT2D eigenvalue weighted by molar-refractivity contribution is 5.22. The smallest absolute Gasteiger partial charge is 0.0965 e. The molecule has 0 spiro atoms. The number of benzene rings is 1. The fourth-order valence-electron chi connectivity index (χ4n) is 2.02. The van der Waals surface area contributed by atoms with E-state index in [2.05, 4.69) is 67.6 Å². The Balaban J connectivity index is 1.77. The summed E-state index contributed by atoms with van der Waals surface area (Å²) in [5, 5.41) is 11.8. The van der Waals surface area contributed by atoms with Crippen LogP contribution in [0.15, 0.2) is 30.5 Å². The van der Waals surface area contributed by atoms with Gasteiger partial charge in [0.2, 0.25) is 0 Å². The highest BCUT2D eigenvalue weighted by atomic mass is 15.4. The van der Waals surface area contributed by atoms with Gasteiger partial charge >= 0.3 is 0 Å². The van der Waals surface area contributed by atoms with Crippen molar-refractivity contribution in [1.82, 2.24) is 20.3 Å². The Morgan fingerprint density at radius 1 is 1.25 bits per heavy atom. The van der Waals surface area contributed by atoms with E-state index in [1.165, 1.54) is 11.1 Å². The molecule has 0 aliphatic carbocycles. The van der Waals surface area contributed by atoms with E-state index in [1.807, 2.05) is 10.9 Å². The molecule has 0 saturated heterocycles. The molecule has 0 atom stereocenters. The Morgan fingerprint density at radius 3 is 2.70 bits per heavy atom. The van der Waals surface area contributed by atoms with Gasteiger partial charge in [-0.1, -0.05) is 35.0 Å². The van der Waals surface area contributed by atoms with Crippen molar-refractivity contribution in [3.63, 3.8) is 0 Å². The fourth-order valence-corrected chi connectivity index (χ4v) is 2.02. The minimum absolute atomic E-state index is 0.00713. The van der Waals surface area contributed by atoms with Crippen molar-refractivity contribution in [3.8, 4) is 0 Å². The number of hydrogen-bond acceptors (Lipinski definition) is 3. The van der Waals surface area contributed by atoms with Gasteiger partial charge in [-0.05, 0) is 46.2 Å². The molecule has 0 bridgehead atoms. The molecule has 2 aromatic rings. The summed E-state index contributed by atoms with van der Waals surface area (Å²) in [6.45, 7) is 10.2. The number of aryl methyl sites for hydroxylation is 1. The first kappa shape index (κ1) is 14.7. The third-order valence-electron chi connectivity index (χ3n) is 3.21. The Labute approximate surface area is 121 Å². The van der Waals surface area contributed by atoms with Crippen molar-refractivity contribution in [2.45, 2.75) is 46.2 Å². The lowest BCUT2D eigenvalue weighted by Gasteiger charge is -2.17. The molecular formula is C16H24N4. The van der Waals surface area contributed by atoms with Crippen LogP contribution in [0, 0.1) is 6.92 Å². The van der Waals surface area contributed by atoms with Crippen LogP contribution in [0.1, 0.15) is 37.6 Å². The zero-order valence-electron chi connectivity index (χ0n) is 12.8. The minimum atomic E-state index is -0.00713. The van der Waals surface area contributed by atoms with Crippen molar-refractivity contribution >= 4 is 0 Å². The van der Waals surface area contributed by atoms with Crippen LogP contribution in [-0.2, 0) is 18.5 Å². The average molecular weight is 272 g/mol. The van der Waals surface area contributed by atoms with Gasteiger partial charge in [-0.3, -0.25) is 0 Å². The van der Waals surface area contributed by atoms with Crippen LogP contribution >= 0.6 is 0 Å². The summed E-state index contributed by atoms with van der Waals surface area (Å²) < 4.78 is 1.91. The van der Waals surface area contributed by atoms with Crippen LogP contribution in [-0.4, -0.2) is 21.5 Å². The quantitative estimate of drug-likeness (QED) is 0.851. The molecule has 0 unspecified atom stereocenters. The van der Waals surface area contributed by atoms with E-state index in [4.69, 9.17) is 0 Å². The molecule has 0 radical (unpaired) electrons. The van der Waals surface area contributed by atoms with Gasteiger partial charge in [0, 0.05) is 6.54 Å². The van der Waals surface area contributed by atoms with E-state index < -0.39 is 0 Å². The Kier molecular flexibility index (Phi) is 4.55. The van der Waals surface area contributed by atoms with Crippen molar-refractivity contribution in [3.05, 3.63) is 47.3 Å². The molecule has 20 heavy (non-hydrogen) atoms. The zero-order valence-corrected chi connectivity index (χ0v) is 12.8. The molecule has 0 aliphatic heterocycles. The number of nitrogens with zero attached hydrogens (tertiary/aromatic N) is 3. The first-order chi connectivity index (χ1) is 9.45. The van der Waals surface area contributed by atoms with Gasteiger partial charge in [-0.25, -0.2) is 4.68 Å². The molecule has 1 aromatic carbocycles. The van der Waals surface area contributed by atoms with Gasteiger partial charge in [-0.2, -0.15) is 0 Å². The largest absolute Gasteiger partial charge is 0.311 e. The minimum Gasteiger partial charge on any atom is -0.311 e. The second-order valence-electron chi connectivity index (χ2n) is 6.24. The van der Waals surface area contributed by atoms with Gasteiger partial charge in [0.1, 0.15) is 0 Å². The van der Waals surface area contributed by atoms with Crippen LogP contribution in [0.5, 0.6) is 0 Å². The summed E-state index contributed by atoms with van der Waals surface area (Å²) in [5.74, 6) is 0. The lowest BCUT2D eigenvalue weighted by atomic mass is 10.1. The van der Waals surface area contributed by atoms with E-state index in [-0.39, 0.29) is 5.54 Å². The molecular weight excluding hydrogens is 248 g/mol.